The van der Waals surface area contributed by atoms with Crippen LogP contribution in [0.15, 0.2) is 48.5 Å². The van der Waals surface area contributed by atoms with E-state index in [0.29, 0.717) is 11.4 Å². The summed E-state index contributed by atoms with van der Waals surface area (Å²) in [6.45, 7) is 3.00. The highest BCUT2D eigenvalue weighted by molar-refractivity contribution is 6.31. The minimum Gasteiger partial charge on any atom is -0.328 e. The van der Waals surface area contributed by atoms with Crippen molar-refractivity contribution in [3.8, 4) is 0 Å². The molecule has 3 nitrogen and oxygen atoms in total. The first kappa shape index (κ1) is 14.1. The molecule has 4 heteroatoms. The first-order valence-corrected chi connectivity index (χ1v) is 7.52. The van der Waals surface area contributed by atoms with Gasteiger partial charge in [0.15, 0.2) is 0 Å². The van der Waals surface area contributed by atoms with Gasteiger partial charge in [-0.05, 0) is 30.7 Å². The molecular weight excluding hydrogens is 282 g/mol. The number of nitrogens with two attached hydrogens (primary N) is 1. The second-order valence-corrected chi connectivity index (χ2v) is 5.50. The molecule has 0 radical (unpaired) electrons. The molecule has 0 saturated carbocycles. The Morgan fingerprint density at radius 2 is 1.86 bits per heavy atom. The number of hydrogen-bond acceptors (Lipinski definition) is 2. The van der Waals surface area contributed by atoms with Crippen LogP contribution >= 0.6 is 11.6 Å². The molecule has 1 aromatic heterocycles. The zero-order valence-electron chi connectivity index (χ0n) is 12.0. The summed E-state index contributed by atoms with van der Waals surface area (Å²) in [6.07, 6.45) is 0.673. The van der Waals surface area contributed by atoms with Gasteiger partial charge in [-0.2, -0.15) is 0 Å². The van der Waals surface area contributed by atoms with Crippen LogP contribution in [0, 0.1) is 0 Å². The number of imidazole rings is 1. The lowest BCUT2D eigenvalue weighted by molar-refractivity contribution is 0.637. The first-order chi connectivity index (χ1) is 10.2. The Labute approximate surface area is 129 Å². The van der Waals surface area contributed by atoms with Crippen LogP contribution in [-0.4, -0.2) is 9.55 Å². The average molecular weight is 300 g/mol. The summed E-state index contributed by atoms with van der Waals surface area (Å²) in [7, 11) is 0. The van der Waals surface area contributed by atoms with Gasteiger partial charge in [0, 0.05) is 24.0 Å². The van der Waals surface area contributed by atoms with E-state index in [1.165, 1.54) is 0 Å². The van der Waals surface area contributed by atoms with Crippen LogP contribution in [0.5, 0.6) is 0 Å². The van der Waals surface area contributed by atoms with Crippen molar-refractivity contribution < 1.29 is 0 Å². The van der Waals surface area contributed by atoms with Crippen LogP contribution in [0.2, 0.25) is 5.02 Å². The Kier molecular flexibility index (Phi) is 3.95. The predicted molar refractivity (Wildman–Crippen MR) is 87.5 cm³/mol. The van der Waals surface area contributed by atoms with Gasteiger partial charge in [0.05, 0.1) is 11.0 Å². The van der Waals surface area contributed by atoms with Crippen molar-refractivity contribution in [3.63, 3.8) is 0 Å². The van der Waals surface area contributed by atoms with Crippen molar-refractivity contribution >= 4 is 22.6 Å². The third-order valence-corrected chi connectivity index (χ3v) is 4.10. The molecule has 0 spiro atoms. The van der Waals surface area contributed by atoms with Gasteiger partial charge in [-0.1, -0.05) is 41.9 Å². The smallest absolute Gasteiger partial charge is 0.111 e. The lowest BCUT2D eigenvalue weighted by atomic mass is 10.0. The maximum Gasteiger partial charge on any atom is 0.111 e. The molecule has 0 aliphatic rings. The van der Waals surface area contributed by atoms with E-state index < -0.39 is 0 Å². The summed E-state index contributed by atoms with van der Waals surface area (Å²) in [5, 5.41) is 0.712. The Morgan fingerprint density at radius 1 is 1.14 bits per heavy atom. The lowest BCUT2D eigenvalue weighted by Gasteiger charge is -2.14. The van der Waals surface area contributed by atoms with Gasteiger partial charge < -0.3 is 10.3 Å². The molecule has 0 saturated heterocycles. The average Bonchev–Trinajstić information content (AvgIpc) is 2.84. The topological polar surface area (TPSA) is 43.8 Å². The minimum absolute atomic E-state index is 0.152. The zero-order chi connectivity index (χ0) is 14.8. The van der Waals surface area contributed by atoms with Crippen molar-refractivity contribution in [2.45, 2.75) is 25.9 Å². The third-order valence-electron chi connectivity index (χ3n) is 3.76. The molecule has 0 amide bonds. The molecule has 0 aliphatic carbocycles. The van der Waals surface area contributed by atoms with Crippen molar-refractivity contribution in [2.24, 2.45) is 5.73 Å². The van der Waals surface area contributed by atoms with E-state index in [1.807, 2.05) is 42.5 Å². The highest BCUT2D eigenvalue weighted by Crippen LogP contribution is 2.25. The maximum absolute atomic E-state index is 6.34. The van der Waals surface area contributed by atoms with Gasteiger partial charge in [0.2, 0.25) is 0 Å². The summed E-state index contributed by atoms with van der Waals surface area (Å²) in [5.41, 5.74) is 9.47. The van der Waals surface area contributed by atoms with Crippen LogP contribution in [0.4, 0.5) is 0 Å². The number of hydrogen-bond donors (Lipinski definition) is 1. The quantitative estimate of drug-likeness (QED) is 0.792. The highest BCUT2D eigenvalue weighted by atomic mass is 35.5. The number of aryl methyl sites for hydroxylation is 1. The minimum atomic E-state index is -0.152. The predicted octanol–water partition coefficient (Wildman–Crippen LogP) is 3.95. The molecule has 21 heavy (non-hydrogen) atoms. The first-order valence-electron chi connectivity index (χ1n) is 7.15. The van der Waals surface area contributed by atoms with Gasteiger partial charge in [0.25, 0.3) is 0 Å². The van der Waals surface area contributed by atoms with E-state index in [9.17, 15) is 0 Å². The molecule has 3 aromatic rings. The second kappa shape index (κ2) is 5.88. The summed E-state index contributed by atoms with van der Waals surface area (Å²) in [6, 6.07) is 15.7. The fraction of sp³-hybridized carbons (Fsp3) is 0.235. The SMILES string of the molecule is CCn1c(CC(N)c2ccccc2Cl)nc2ccccc21. The Bertz CT molecular complexity index is 764. The van der Waals surface area contributed by atoms with Crippen LogP contribution in [0.3, 0.4) is 0 Å². The monoisotopic (exact) mass is 299 g/mol. The van der Waals surface area contributed by atoms with Crippen LogP contribution < -0.4 is 5.73 Å². The van der Waals surface area contributed by atoms with E-state index >= 15 is 0 Å². The number of benzene rings is 2. The summed E-state index contributed by atoms with van der Waals surface area (Å²) in [4.78, 5) is 4.72. The third kappa shape index (κ3) is 2.67. The normalized spacial score (nSPS) is 12.7. The Hall–Kier alpha value is -1.84. The number of halogens is 1. The molecule has 1 unspecified atom stereocenters. The molecule has 1 atom stereocenters. The van der Waals surface area contributed by atoms with Crippen LogP contribution in [0.1, 0.15) is 24.4 Å². The van der Waals surface area contributed by atoms with Crippen LogP contribution in [0.25, 0.3) is 11.0 Å². The molecule has 2 aromatic carbocycles. The second-order valence-electron chi connectivity index (χ2n) is 5.09. The number of fused-ring (bicyclic) bond motifs is 1. The van der Waals surface area contributed by atoms with E-state index in [4.69, 9.17) is 22.3 Å². The molecular formula is C17H18ClN3. The lowest BCUT2D eigenvalue weighted by Crippen LogP contribution is -2.16. The Balaban J connectivity index is 1.96. The number of para-hydroxylation sites is 2. The fourth-order valence-electron chi connectivity index (χ4n) is 2.72. The number of aromatic nitrogens is 2. The molecule has 0 fully saturated rings. The van der Waals surface area contributed by atoms with Crippen molar-refractivity contribution in [1.29, 1.82) is 0 Å². The maximum atomic E-state index is 6.34. The van der Waals surface area contributed by atoms with E-state index in [2.05, 4.69) is 17.6 Å². The standard InChI is InChI=1S/C17H18ClN3/c1-2-21-16-10-6-5-9-15(16)20-17(21)11-14(19)12-7-3-4-8-13(12)18/h3-10,14H,2,11,19H2,1H3. The summed E-state index contributed by atoms with van der Waals surface area (Å²) < 4.78 is 2.21. The van der Waals surface area contributed by atoms with Gasteiger partial charge in [-0.15, -0.1) is 0 Å². The van der Waals surface area contributed by atoms with Crippen LogP contribution in [-0.2, 0) is 13.0 Å². The van der Waals surface area contributed by atoms with Crippen molar-refractivity contribution in [2.75, 3.05) is 0 Å². The molecule has 0 aliphatic heterocycles. The van der Waals surface area contributed by atoms with Gasteiger partial charge in [-0.3, -0.25) is 0 Å². The summed E-state index contributed by atoms with van der Waals surface area (Å²) >= 11 is 6.23. The summed E-state index contributed by atoms with van der Waals surface area (Å²) in [5.74, 6) is 1.01. The molecule has 108 valence electrons. The van der Waals surface area contributed by atoms with E-state index in [1.54, 1.807) is 0 Å². The molecule has 3 rings (SSSR count). The molecule has 2 N–H and O–H groups in total. The highest BCUT2D eigenvalue weighted by Gasteiger charge is 2.15. The Morgan fingerprint density at radius 3 is 2.62 bits per heavy atom. The van der Waals surface area contributed by atoms with Gasteiger partial charge in [0.1, 0.15) is 5.82 Å². The van der Waals surface area contributed by atoms with Gasteiger partial charge >= 0.3 is 0 Å². The molecule has 0 bridgehead atoms. The zero-order valence-corrected chi connectivity index (χ0v) is 12.7. The number of nitrogens with zero attached hydrogens (tertiary/aromatic N) is 2. The van der Waals surface area contributed by atoms with E-state index in [-0.39, 0.29) is 6.04 Å². The van der Waals surface area contributed by atoms with Gasteiger partial charge in [-0.25, -0.2) is 4.98 Å². The molecule has 1 heterocycles. The fourth-order valence-corrected chi connectivity index (χ4v) is 2.99. The van der Waals surface area contributed by atoms with E-state index in [0.717, 1.165) is 29.0 Å². The largest absolute Gasteiger partial charge is 0.328 e. The van der Waals surface area contributed by atoms with Crippen molar-refractivity contribution in [3.05, 3.63) is 64.9 Å². The van der Waals surface area contributed by atoms with Crippen molar-refractivity contribution in [1.82, 2.24) is 9.55 Å². The number of rotatable bonds is 4.